The van der Waals surface area contributed by atoms with E-state index < -0.39 is 16.1 Å². The van der Waals surface area contributed by atoms with E-state index >= 15 is 0 Å². The molecular weight excluding hydrogens is 364 g/mol. The molecule has 6 nitrogen and oxygen atoms in total. The molecule has 7 heteroatoms. The Morgan fingerprint density at radius 3 is 2.15 bits per heavy atom. The van der Waals surface area contributed by atoms with E-state index in [0.717, 1.165) is 11.8 Å². The number of anilines is 1. The first-order valence-corrected chi connectivity index (χ1v) is 10.5. The maximum Gasteiger partial charge on any atom is 0.246 e. The number of sulfonamides is 1. The fourth-order valence-electron chi connectivity index (χ4n) is 2.96. The minimum atomic E-state index is -3.66. The fourth-order valence-corrected chi connectivity index (χ4v) is 4.17. The second kappa shape index (κ2) is 8.90. The quantitative estimate of drug-likeness (QED) is 0.695. The first-order valence-electron chi connectivity index (χ1n) is 8.70. The molecule has 0 aliphatic carbocycles. The molecule has 0 aliphatic rings. The molecule has 0 bridgehead atoms. The summed E-state index contributed by atoms with van der Waals surface area (Å²) in [6, 6.07) is 15.4. The number of nitrogens with zero attached hydrogens (tertiary/aromatic N) is 2. The molecule has 0 fully saturated rings. The van der Waals surface area contributed by atoms with Crippen molar-refractivity contribution in [2.45, 2.75) is 25.9 Å². The van der Waals surface area contributed by atoms with Gasteiger partial charge in [0.1, 0.15) is 11.8 Å². The highest BCUT2D eigenvalue weighted by Gasteiger charge is 2.33. The number of amides is 1. The van der Waals surface area contributed by atoms with Crippen molar-refractivity contribution in [3.05, 3.63) is 60.2 Å². The molecule has 2 aromatic rings. The van der Waals surface area contributed by atoms with Gasteiger partial charge in [0.05, 0.1) is 19.1 Å². The van der Waals surface area contributed by atoms with Gasteiger partial charge in [-0.15, -0.1) is 0 Å². The lowest BCUT2D eigenvalue weighted by atomic mass is 10.1. The van der Waals surface area contributed by atoms with Gasteiger partial charge in [0.25, 0.3) is 0 Å². The summed E-state index contributed by atoms with van der Waals surface area (Å²) >= 11 is 0. The lowest BCUT2D eigenvalue weighted by Gasteiger charge is -2.33. The smallest absolute Gasteiger partial charge is 0.246 e. The predicted molar refractivity (Wildman–Crippen MR) is 107 cm³/mol. The Morgan fingerprint density at radius 1 is 1.07 bits per heavy atom. The average Bonchev–Trinajstić information content (AvgIpc) is 2.65. The van der Waals surface area contributed by atoms with Crippen LogP contribution in [0.2, 0.25) is 0 Å². The Hall–Kier alpha value is -2.54. The van der Waals surface area contributed by atoms with Gasteiger partial charge in [-0.2, -0.15) is 0 Å². The molecule has 27 heavy (non-hydrogen) atoms. The molecule has 0 N–H and O–H groups in total. The van der Waals surface area contributed by atoms with Crippen LogP contribution < -0.4 is 9.04 Å². The molecule has 0 heterocycles. The summed E-state index contributed by atoms with van der Waals surface area (Å²) in [6.45, 7) is 2.22. The van der Waals surface area contributed by atoms with Crippen LogP contribution in [-0.4, -0.2) is 45.7 Å². The molecule has 0 saturated heterocycles. The Kier molecular flexibility index (Phi) is 6.85. The zero-order valence-electron chi connectivity index (χ0n) is 16.1. The fraction of sp³-hybridized carbons (Fsp3) is 0.350. The van der Waals surface area contributed by atoms with E-state index in [9.17, 15) is 13.2 Å². The highest BCUT2D eigenvalue weighted by atomic mass is 32.2. The second-order valence-corrected chi connectivity index (χ2v) is 8.22. The van der Waals surface area contributed by atoms with Crippen LogP contribution in [0.3, 0.4) is 0 Å². The molecule has 146 valence electrons. The van der Waals surface area contributed by atoms with Crippen molar-refractivity contribution in [1.82, 2.24) is 4.90 Å². The topological polar surface area (TPSA) is 66.9 Å². The van der Waals surface area contributed by atoms with Crippen LogP contribution >= 0.6 is 0 Å². The van der Waals surface area contributed by atoms with Crippen LogP contribution in [0.4, 0.5) is 5.69 Å². The van der Waals surface area contributed by atoms with E-state index in [1.54, 1.807) is 50.2 Å². The number of carbonyl (C=O) groups is 1. The van der Waals surface area contributed by atoms with Crippen molar-refractivity contribution in [3.8, 4) is 5.75 Å². The summed E-state index contributed by atoms with van der Waals surface area (Å²) in [5.41, 5.74) is 1.42. The maximum atomic E-state index is 13.1. The van der Waals surface area contributed by atoms with Gasteiger partial charge in [0.2, 0.25) is 15.9 Å². The summed E-state index contributed by atoms with van der Waals surface area (Å²) in [5.74, 6) is 0.371. The largest absolute Gasteiger partial charge is 0.497 e. The summed E-state index contributed by atoms with van der Waals surface area (Å²) in [5, 5.41) is 0. The zero-order valence-corrected chi connectivity index (χ0v) is 16.9. The summed E-state index contributed by atoms with van der Waals surface area (Å²) in [4.78, 5) is 14.6. The number of benzene rings is 2. The SMILES string of the molecule is CC[C@@H](C(=O)N(C)Cc1ccccc1)N(c1ccc(OC)cc1)S(C)(=O)=O. The van der Waals surface area contributed by atoms with Crippen LogP contribution in [0.15, 0.2) is 54.6 Å². The molecule has 0 radical (unpaired) electrons. The monoisotopic (exact) mass is 390 g/mol. The van der Waals surface area contributed by atoms with Crippen molar-refractivity contribution in [2.75, 3.05) is 24.7 Å². The third kappa shape index (κ3) is 5.23. The molecule has 0 unspecified atom stereocenters. The molecule has 2 rings (SSSR count). The average molecular weight is 391 g/mol. The van der Waals surface area contributed by atoms with Crippen LogP contribution in [0.5, 0.6) is 5.75 Å². The van der Waals surface area contributed by atoms with Crippen molar-refractivity contribution in [3.63, 3.8) is 0 Å². The van der Waals surface area contributed by atoms with Gasteiger partial charge in [0, 0.05) is 13.6 Å². The van der Waals surface area contributed by atoms with E-state index in [-0.39, 0.29) is 5.91 Å². The van der Waals surface area contributed by atoms with E-state index in [1.165, 1.54) is 4.31 Å². The number of carbonyl (C=O) groups excluding carboxylic acids is 1. The van der Waals surface area contributed by atoms with Crippen LogP contribution in [0.1, 0.15) is 18.9 Å². The van der Waals surface area contributed by atoms with Gasteiger partial charge in [0.15, 0.2) is 0 Å². The molecule has 0 aromatic heterocycles. The summed E-state index contributed by atoms with van der Waals surface area (Å²) in [6.07, 6.45) is 1.47. The predicted octanol–water partition coefficient (Wildman–Crippen LogP) is 2.90. The number of hydrogen-bond acceptors (Lipinski definition) is 4. The van der Waals surface area contributed by atoms with Crippen LogP contribution in [-0.2, 0) is 21.4 Å². The van der Waals surface area contributed by atoms with E-state index in [4.69, 9.17) is 4.74 Å². The van der Waals surface area contributed by atoms with Crippen LogP contribution in [0, 0.1) is 0 Å². The Balaban J connectivity index is 2.32. The minimum absolute atomic E-state index is 0.248. The lowest BCUT2D eigenvalue weighted by molar-refractivity contribution is -0.131. The van der Waals surface area contributed by atoms with E-state index in [1.807, 2.05) is 30.3 Å². The molecule has 0 saturated carbocycles. The normalized spacial score (nSPS) is 12.3. The van der Waals surface area contributed by atoms with Crippen molar-refractivity contribution >= 4 is 21.6 Å². The number of ether oxygens (including phenoxy) is 1. The van der Waals surface area contributed by atoms with Crippen molar-refractivity contribution < 1.29 is 17.9 Å². The van der Waals surface area contributed by atoms with E-state index in [0.29, 0.717) is 24.4 Å². The highest BCUT2D eigenvalue weighted by Crippen LogP contribution is 2.26. The van der Waals surface area contributed by atoms with Gasteiger partial charge in [-0.25, -0.2) is 8.42 Å². The Bertz CT molecular complexity index is 851. The lowest BCUT2D eigenvalue weighted by Crippen LogP contribution is -2.49. The number of methoxy groups -OCH3 is 1. The molecule has 0 spiro atoms. The molecule has 1 atom stereocenters. The minimum Gasteiger partial charge on any atom is -0.497 e. The van der Waals surface area contributed by atoms with E-state index in [2.05, 4.69) is 0 Å². The molecule has 1 amide bonds. The van der Waals surface area contributed by atoms with Gasteiger partial charge < -0.3 is 9.64 Å². The molecular formula is C20H26N2O4S. The highest BCUT2D eigenvalue weighted by molar-refractivity contribution is 7.92. The van der Waals surface area contributed by atoms with Gasteiger partial charge in [-0.3, -0.25) is 9.10 Å². The zero-order chi connectivity index (χ0) is 20.0. The van der Waals surface area contributed by atoms with Gasteiger partial charge >= 0.3 is 0 Å². The molecule has 2 aromatic carbocycles. The first-order chi connectivity index (χ1) is 12.8. The maximum absolute atomic E-state index is 13.1. The molecule has 0 aliphatic heterocycles. The van der Waals surface area contributed by atoms with Crippen molar-refractivity contribution in [2.24, 2.45) is 0 Å². The van der Waals surface area contributed by atoms with Crippen LogP contribution in [0.25, 0.3) is 0 Å². The summed E-state index contributed by atoms with van der Waals surface area (Å²) < 4.78 is 31.3. The second-order valence-electron chi connectivity index (χ2n) is 6.36. The Morgan fingerprint density at radius 2 is 1.67 bits per heavy atom. The third-order valence-corrected chi connectivity index (χ3v) is 5.46. The number of hydrogen-bond donors (Lipinski definition) is 0. The third-order valence-electron chi connectivity index (χ3n) is 4.28. The van der Waals surface area contributed by atoms with Gasteiger partial charge in [-0.1, -0.05) is 37.3 Å². The first kappa shape index (κ1) is 20.8. The van der Waals surface area contributed by atoms with Gasteiger partial charge in [-0.05, 0) is 36.2 Å². The standard InChI is InChI=1S/C20H26N2O4S/c1-5-19(20(23)21(2)15-16-9-7-6-8-10-16)22(27(4,24)25)17-11-13-18(26-3)14-12-17/h6-14,19H,5,15H2,1-4H3/t19-/m0/s1. The number of likely N-dealkylation sites (N-methyl/N-ethyl adjacent to an activating group) is 1. The number of rotatable bonds is 8. The van der Waals surface area contributed by atoms with Crippen molar-refractivity contribution in [1.29, 1.82) is 0 Å². The summed E-state index contributed by atoms with van der Waals surface area (Å²) in [7, 11) is -0.426. The Labute approximate surface area is 161 Å².